The van der Waals surface area contributed by atoms with Gasteiger partial charge < -0.3 is 19.4 Å². The molecule has 8 nitrogen and oxygen atoms in total. The van der Waals surface area contributed by atoms with Gasteiger partial charge in [0.25, 0.3) is 5.56 Å². The van der Waals surface area contributed by atoms with Crippen molar-refractivity contribution in [1.29, 1.82) is 0 Å². The Bertz CT molecular complexity index is 1490. The standard InChI is InChI=1S/C28H30N4O4/c1-5-23(27(33)30-17(2)20-11-12-24-25(15-20)36-14-13-35-24)31-18(3)22-16-29-32(21-9-7-6-8-10-21)28(34)26(22)19(31)4/h6-12,15-17,23H,5,13-14H2,1-4H3,(H,30,33). The van der Waals surface area contributed by atoms with Crippen LogP contribution < -0.4 is 20.3 Å². The zero-order valence-corrected chi connectivity index (χ0v) is 20.9. The highest BCUT2D eigenvalue weighted by Gasteiger charge is 2.27. The number of para-hydroxylation sites is 1. The lowest BCUT2D eigenvalue weighted by Gasteiger charge is -2.24. The van der Waals surface area contributed by atoms with Gasteiger partial charge in [0.2, 0.25) is 5.91 Å². The number of aryl methyl sites for hydroxylation is 2. The lowest BCUT2D eigenvalue weighted by Crippen LogP contribution is -2.35. The van der Waals surface area contributed by atoms with Gasteiger partial charge in [-0.05, 0) is 57.0 Å². The highest BCUT2D eigenvalue weighted by atomic mass is 16.6. The first-order chi connectivity index (χ1) is 17.4. The van der Waals surface area contributed by atoms with Crippen molar-refractivity contribution in [3.63, 3.8) is 0 Å². The largest absolute Gasteiger partial charge is 0.486 e. The second-order valence-corrected chi connectivity index (χ2v) is 9.08. The topological polar surface area (TPSA) is 87.4 Å². The van der Waals surface area contributed by atoms with Crippen LogP contribution in [0.1, 0.15) is 49.3 Å². The maximum atomic E-state index is 13.5. The molecular weight excluding hydrogens is 456 g/mol. The number of rotatable bonds is 6. The number of fused-ring (bicyclic) bond motifs is 2. The molecule has 186 valence electrons. The summed E-state index contributed by atoms with van der Waals surface area (Å²) in [6.07, 6.45) is 2.29. The Kier molecular flexibility index (Phi) is 6.26. The molecule has 0 saturated heterocycles. The number of nitrogens with zero attached hydrogens (tertiary/aromatic N) is 3. The molecule has 0 spiro atoms. The van der Waals surface area contributed by atoms with Crippen molar-refractivity contribution >= 4 is 16.7 Å². The van der Waals surface area contributed by atoms with Gasteiger partial charge >= 0.3 is 0 Å². The van der Waals surface area contributed by atoms with E-state index in [0.29, 0.717) is 36.5 Å². The molecule has 0 radical (unpaired) electrons. The van der Waals surface area contributed by atoms with Gasteiger partial charge in [-0.3, -0.25) is 9.59 Å². The number of benzene rings is 2. The normalized spacial score (nSPS) is 14.4. The molecule has 0 bridgehead atoms. The van der Waals surface area contributed by atoms with E-state index in [9.17, 15) is 9.59 Å². The van der Waals surface area contributed by atoms with Gasteiger partial charge in [0.05, 0.1) is 23.3 Å². The van der Waals surface area contributed by atoms with Gasteiger partial charge in [0, 0.05) is 16.8 Å². The molecule has 0 fully saturated rings. The van der Waals surface area contributed by atoms with E-state index in [4.69, 9.17) is 9.47 Å². The SMILES string of the molecule is CCC(C(=O)NC(C)c1ccc2c(c1)OCCO2)n1c(C)c2cnn(-c3ccccc3)c(=O)c2c1C. The Labute approximate surface area is 209 Å². The van der Waals surface area contributed by atoms with Crippen LogP contribution in [0.4, 0.5) is 0 Å². The van der Waals surface area contributed by atoms with Crippen LogP contribution in [0.5, 0.6) is 11.5 Å². The van der Waals surface area contributed by atoms with E-state index in [-0.39, 0.29) is 17.5 Å². The Morgan fingerprint density at radius 1 is 1.06 bits per heavy atom. The first-order valence-electron chi connectivity index (χ1n) is 12.3. The van der Waals surface area contributed by atoms with Crippen molar-refractivity contribution in [2.45, 2.75) is 46.2 Å². The van der Waals surface area contributed by atoms with E-state index in [2.05, 4.69) is 10.4 Å². The molecule has 2 aromatic heterocycles. The van der Waals surface area contributed by atoms with Crippen LogP contribution in [0.15, 0.2) is 59.5 Å². The molecule has 4 aromatic rings. The Hall–Kier alpha value is -4.07. The summed E-state index contributed by atoms with van der Waals surface area (Å²) in [4.78, 5) is 27.0. The third-order valence-electron chi connectivity index (χ3n) is 6.88. The summed E-state index contributed by atoms with van der Waals surface area (Å²) in [5.41, 5.74) is 3.04. The van der Waals surface area contributed by atoms with Crippen molar-refractivity contribution in [3.8, 4) is 17.2 Å². The highest BCUT2D eigenvalue weighted by Crippen LogP contribution is 2.33. The van der Waals surface area contributed by atoms with Crippen LogP contribution in [0.3, 0.4) is 0 Å². The lowest BCUT2D eigenvalue weighted by atomic mass is 10.1. The lowest BCUT2D eigenvalue weighted by molar-refractivity contribution is -0.125. The van der Waals surface area contributed by atoms with Crippen LogP contribution in [0.2, 0.25) is 0 Å². The monoisotopic (exact) mass is 486 g/mol. The van der Waals surface area contributed by atoms with Crippen LogP contribution in [-0.2, 0) is 4.79 Å². The third-order valence-corrected chi connectivity index (χ3v) is 6.88. The van der Waals surface area contributed by atoms with Gasteiger partial charge in [0.1, 0.15) is 19.3 Å². The zero-order valence-electron chi connectivity index (χ0n) is 20.9. The van der Waals surface area contributed by atoms with E-state index in [1.54, 1.807) is 6.20 Å². The maximum absolute atomic E-state index is 13.5. The number of aromatic nitrogens is 3. The molecule has 1 amide bonds. The second-order valence-electron chi connectivity index (χ2n) is 9.08. The van der Waals surface area contributed by atoms with Crippen molar-refractivity contribution < 1.29 is 14.3 Å². The van der Waals surface area contributed by atoms with Crippen LogP contribution in [0.25, 0.3) is 16.5 Å². The summed E-state index contributed by atoms with van der Waals surface area (Å²) in [5.74, 6) is 1.30. The number of carbonyl (C=O) groups excluding carboxylic acids is 1. The van der Waals surface area contributed by atoms with Gasteiger partial charge in [-0.2, -0.15) is 9.78 Å². The van der Waals surface area contributed by atoms with E-state index >= 15 is 0 Å². The van der Waals surface area contributed by atoms with E-state index < -0.39 is 6.04 Å². The quantitative estimate of drug-likeness (QED) is 0.436. The Balaban J connectivity index is 1.47. The molecule has 3 heterocycles. The molecule has 2 aromatic carbocycles. The number of hydrogen-bond acceptors (Lipinski definition) is 5. The molecule has 2 atom stereocenters. The Morgan fingerprint density at radius 3 is 2.50 bits per heavy atom. The molecule has 0 saturated carbocycles. The predicted molar refractivity (Wildman–Crippen MR) is 138 cm³/mol. The molecule has 1 aliphatic rings. The van der Waals surface area contributed by atoms with E-state index in [0.717, 1.165) is 28.1 Å². The van der Waals surface area contributed by atoms with Gasteiger partial charge in [-0.15, -0.1) is 0 Å². The first-order valence-corrected chi connectivity index (χ1v) is 12.3. The Morgan fingerprint density at radius 2 is 1.78 bits per heavy atom. The van der Waals surface area contributed by atoms with Crippen molar-refractivity contribution in [3.05, 3.63) is 82.0 Å². The van der Waals surface area contributed by atoms with Crippen molar-refractivity contribution in [1.82, 2.24) is 19.7 Å². The number of hydrogen-bond donors (Lipinski definition) is 1. The summed E-state index contributed by atoms with van der Waals surface area (Å²) in [6.45, 7) is 8.80. The second kappa shape index (κ2) is 9.53. The molecule has 5 rings (SSSR count). The summed E-state index contributed by atoms with van der Waals surface area (Å²) in [6, 6.07) is 14.4. The van der Waals surface area contributed by atoms with Gasteiger partial charge in [0.15, 0.2) is 11.5 Å². The van der Waals surface area contributed by atoms with Crippen molar-refractivity contribution in [2.24, 2.45) is 0 Å². The molecular formula is C28H30N4O4. The summed E-state index contributed by atoms with van der Waals surface area (Å²) < 4.78 is 14.7. The predicted octanol–water partition coefficient (Wildman–Crippen LogP) is 4.40. The molecule has 36 heavy (non-hydrogen) atoms. The van der Waals surface area contributed by atoms with E-state index in [1.165, 1.54) is 4.68 Å². The average molecular weight is 487 g/mol. The fraction of sp³-hybridized carbons (Fsp3) is 0.321. The summed E-state index contributed by atoms with van der Waals surface area (Å²) in [7, 11) is 0. The highest BCUT2D eigenvalue weighted by molar-refractivity contribution is 5.89. The number of ether oxygens (including phenoxy) is 2. The third kappa shape index (κ3) is 4.02. The van der Waals surface area contributed by atoms with Crippen LogP contribution in [-0.4, -0.2) is 33.5 Å². The average Bonchev–Trinajstić information content (AvgIpc) is 3.15. The van der Waals surface area contributed by atoms with Gasteiger partial charge in [-0.25, -0.2) is 0 Å². The molecule has 0 aliphatic carbocycles. The van der Waals surface area contributed by atoms with Crippen molar-refractivity contribution in [2.75, 3.05) is 13.2 Å². The van der Waals surface area contributed by atoms with E-state index in [1.807, 2.05) is 80.8 Å². The maximum Gasteiger partial charge on any atom is 0.281 e. The number of carbonyl (C=O) groups is 1. The fourth-order valence-corrected chi connectivity index (χ4v) is 5.01. The zero-order chi connectivity index (χ0) is 25.4. The minimum atomic E-state index is -0.471. The molecule has 2 unspecified atom stereocenters. The number of nitrogens with one attached hydrogen (secondary N) is 1. The molecule has 1 aliphatic heterocycles. The van der Waals surface area contributed by atoms with Gasteiger partial charge in [-0.1, -0.05) is 31.2 Å². The minimum absolute atomic E-state index is 0.109. The fourth-order valence-electron chi connectivity index (χ4n) is 5.01. The smallest absolute Gasteiger partial charge is 0.281 e. The molecule has 1 N–H and O–H groups in total. The molecule has 8 heteroatoms. The van der Waals surface area contributed by atoms with Crippen LogP contribution >= 0.6 is 0 Å². The summed E-state index contributed by atoms with van der Waals surface area (Å²) in [5, 5.41) is 8.90. The number of amides is 1. The minimum Gasteiger partial charge on any atom is -0.486 e. The summed E-state index contributed by atoms with van der Waals surface area (Å²) >= 11 is 0. The van der Waals surface area contributed by atoms with Crippen LogP contribution in [0, 0.1) is 13.8 Å². The first kappa shape index (κ1) is 23.7.